The highest BCUT2D eigenvalue weighted by atomic mass is 16.5. The van der Waals surface area contributed by atoms with Crippen LogP contribution in [-0.2, 0) is 11.3 Å². The summed E-state index contributed by atoms with van der Waals surface area (Å²) in [6, 6.07) is 9.20. The smallest absolute Gasteiger partial charge is 0.318 e. The lowest BCUT2D eigenvalue weighted by Gasteiger charge is -2.24. The fourth-order valence-electron chi connectivity index (χ4n) is 3.36. The van der Waals surface area contributed by atoms with Crippen LogP contribution in [0.3, 0.4) is 0 Å². The van der Waals surface area contributed by atoms with E-state index in [0.29, 0.717) is 37.3 Å². The van der Waals surface area contributed by atoms with Crippen molar-refractivity contribution in [3.63, 3.8) is 0 Å². The number of rotatable bonds is 11. The van der Waals surface area contributed by atoms with Gasteiger partial charge in [0, 0.05) is 19.7 Å². The summed E-state index contributed by atoms with van der Waals surface area (Å²) in [6.07, 6.45) is 4.03. The van der Waals surface area contributed by atoms with Gasteiger partial charge in [0.25, 0.3) is 0 Å². The minimum Gasteiger partial charge on any atom is -0.461 e. The van der Waals surface area contributed by atoms with Crippen LogP contribution in [0.15, 0.2) is 35.7 Å². The van der Waals surface area contributed by atoms with E-state index in [0.717, 1.165) is 5.56 Å². The van der Waals surface area contributed by atoms with E-state index in [1.54, 1.807) is 7.11 Å². The lowest BCUT2D eigenvalue weighted by molar-refractivity contribution is 0.141. The Hall–Kier alpha value is -2.78. The first-order chi connectivity index (χ1) is 14.2. The molecule has 0 bridgehead atoms. The fraction of sp³-hybridized carbons (Fsp3) is 0.500. The van der Waals surface area contributed by atoms with Gasteiger partial charge >= 0.3 is 6.01 Å². The van der Waals surface area contributed by atoms with Gasteiger partial charge in [0.1, 0.15) is 12.3 Å². The van der Waals surface area contributed by atoms with Crippen LogP contribution in [0.1, 0.15) is 36.9 Å². The van der Waals surface area contributed by atoms with Crippen molar-refractivity contribution >= 4 is 11.5 Å². The fourth-order valence-corrected chi connectivity index (χ4v) is 3.36. The number of hydrogen-bond acceptors (Lipinski definition) is 8. The number of nitroso groups, excluding NO2 is 1. The zero-order chi connectivity index (χ0) is 20.5. The zero-order valence-corrected chi connectivity index (χ0v) is 16.9. The van der Waals surface area contributed by atoms with Crippen LogP contribution in [0.25, 0.3) is 0 Å². The Balaban J connectivity index is 1.63. The van der Waals surface area contributed by atoms with Gasteiger partial charge in [0.05, 0.1) is 18.1 Å². The first-order valence-corrected chi connectivity index (χ1v) is 9.85. The van der Waals surface area contributed by atoms with Crippen molar-refractivity contribution in [2.75, 3.05) is 44.2 Å². The first kappa shape index (κ1) is 20.9. The lowest BCUT2D eigenvalue weighted by atomic mass is 10.1. The SMILES string of the molecule is COCCOc1ncc(NN=O)c(NCc2ccc(C(C)N3CCCC3)cc2)n1. The quantitative estimate of drug-likeness (QED) is 0.336. The van der Waals surface area contributed by atoms with E-state index in [1.807, 2.05) is 0 Å². The molecule has 1 aliphatic rings. The minimum atomic E-state index is 0.204. The Kier molecular flexibility index (Phi) is 7.71. The molecule has 1 atom stereocenters. The maximum Gasteiger partial charge on any atom is 0.318 e. The van der Waals surface area contributed by atoms with E-state index in [-0.39, 0.29) is 6.01 Å². The van der Waals surface area contributed by atoms with Crippen molar-refractivity contribution in [1.82, 2.24) is 14.9 Å². The number of methoxy groups -OCH3 is 1. The van der Waals surface area contributed by atoms with Gasteiger partial charge in [0.2, 0.25) is 0 Å². The molecule has 1 aromatic carbocycles. The number of hydrogen-bond donors (Lipinski definition) is 2. The van der Waals surface area contributed by atoms with Crippen LogP contribution in [0, 0.1) is 4.91 Å². The third kappa shape index (κ3) is 5.85. The molecule has 1 fully saturated rings. The largest absolute Gasteiger partial charge is 0.461 e. The molecule has 2 aromatic rings. The third-order valence-electron chi connectivity index (χ3n) is 5.06. The van der Waals surface area contributed by atoms with E-state index >= 15 is 0 Å². The Bertz CT molecular complexity index is 780. The normalized spacial score (nSPS) is 15.1. The Morgan fingerprint density at radius 3 is 2.66 bits per heavy atom. The Morgan fingerprint density at radius 1 is 1.21 bits per heavy atom. The Labute approximate surface area is 170 Å². The van der Waals surface area contributed by atoms with Crippen molar-refractivity contribution < 1.29 is 9.47 Å². The standard InChI is InChI=1S/C20H28N6O3/c1-15(26-9-3-4-10-26)17-7-5-16(6-8-17)13-21-19-18(24-25-27)14-22-20(23-19)29-12-11-28-2/h5-8,14-15H,3-4,9-13H2,1-2H3,(H,24,27)(H,21,22,23). The number of nitrogens with zero attached hydrogens (tertiary/aromatic N) is 4. The molecule has 0 amide bonds. The molecule has 0 saturated carbocycles. The molecule has 156 valence electrons. The van der Waals surface area contributed by atoms with Crippen LogP contribution < -0.4 is 15.5 Å². The van der Waals surface area contributed by atoms with Gasteiger partial charge in [-0.05, 0) is 44.0 Å². The first-order valence-electron chi connectivity index (χ1n) is 9.85. The van der Waals surface area contributed by atoms with Gasteiger partial charge in [0.15, 0.2) is 5.82 Å². The third-order valence-corrected chi connectivity index (χ3v) is 5.06. The van der Waals surface area contributed by atoms with Crippen LogP contribution in [0.2, 0.25) is 0 Å². The number of likely N-dealkylation sites (tertiary alicyclic amines) is 1. The molecule has 9 nitrogen and oxygen atoms in total. The van der Waals surface area contributed by atoms with Gasteiger partial charge < -0.3 is 14.8 Å². The monoisotopic (exact) mass is 400 g/mol. The molecule has 0 radical (unpaired) electrons. The summed E-state index contributed by atoms with van der Waals surface area (Å²) in [5, 5.41) is 5.92. The molecule has 2 heterocycles. The van der Waals surface area contributed by atoms with E-state index in [1.165, 1.54) is 37.7 Å². The van der Waals surface area contributed by atoms with Crippen molar-refractivity contribution in [1.29, 1.82) is 0 Å². The predicted octanol–water partition coefficient (Wildman–Crippen LogP) is 3.36. The highest BCUT2D eigenvalue weighted by molar-refractivity contribution is 5.63. The summed E-state index contributed by atoms with van der Waals surface area (Å²) < 4.78 is 10.4. The number of anilines is 2. The second kappa shape index (κ2) is 10.7. The summed E-state index contributed by atoms with van der Waals surface area (Å²) >= 11 is 0. The molecule has 3 rings (SSSR count). The predicted molar refractivity (Wildman–Crippen MR) is 112 cm³/mol. The summed E-state index contributed by atoms with van der Waals surface area (Å²) in [6.45, 7) is 5.92. The van der Waals surface area contributed by atoms with E-state index < -0.39 is 0 Å². The molecule has 1 unspecified atom stereocenters. The van der Waals surface area contributed by atoms with Crippen LogP contribution in [-0.4, -0.2) is 48.3 Å². The van der Waals surface area contributed by atoms with Crippen molar-refractivity contribution in [3.8, 4) is 6.01 Å². The molecule has 1 saturated heterocycles. The van der Waals surface area contributed by atoms with Crippen LogP contribution >= 0.6 is 0 Å². The van der Waals surface area contributed by atoms with Gasteiger partial charge in [-0.25, -0.2) is 10.4 Å². The van der Waals surface area contributed by atoms with Crippen molar-refractivity contribution in [2.24, 2.45) is 5.29 Å². The van der Waals surface area contributed by atoms with Crippen LogP contribution in [0.4, 0.5) is 11.5 Å². The maximum absolute atomic E-state index is 10.6. The molecule has 9 heteroatoms. The number of aromatic nitrogens is 2. The zero-order valence-electron chi connectivity index (χ0n) is 16.9. The van der Waals surface area contributed by atoms with Gasteiger partial charge in [-0.3, -0.25) is 4.90 Å². The number of nitrogens with one attached hydrogen (secondary N) is 2. The maximum atomic E-state index is 10.6. The van der Waals surface area contributed by atoms with E-state index in [9.17, 15) is 4.91 Å². The number of ether oxygens (including phenoxy) is 2. The summed E-state index contributed by atoms with van der Waals surface area (Å²) in [4.78, 5) is 21.5. The topological polar surface area (TPSA) is 101 Å². The average Bonchev–Trinajstić information content (AvgIpc) is 3.29. The molecule has 1 aromatic heterocycles. The van der Waals surface area contributed by atoms with Crippen molar-refractivity contribution in [2.45, 2.75) is 32.4 Å². The minimum absolute atomic E-state index is 0.204. The van der Waals surface area contributed by atoms with E-state index in [4.69, 9.17) is 9.47 Å². The van der Waals surface area contributed by atoms with Gasteiger partial charge in [-0.1, -0.05) is 24.3 Å². The molecular formula is C20H28N6O3. The Morgan fingerprint density at radius 2 is 1.97 bits per heavy atom. The molecule has 0 spiro atoms. The van der Waals surface area contributed by atoms with Gasteiger partial charge in [-0.15, -0.1) is 4.91 Å². The van der Waals surface area contributed by atoms with Crippen LogP contribution in [0.5, 0.6) is 6.01 Å². The van der Waals surface area contributed by atoms with Gasteiger partial charge in [-0.2, -0.15) is 4.98 Å². The second-order valence-corrected chi connectivity index (χ2v) is 6.97. The molecular weight excluding hydrogens is 372 g/mol. The molecule has 29 heavy (non-hydrogen) atoms. The second-order valence-electron chi connectivity index (χ2n) is 6.97. The highest BCUT2D eigenvalue weighted by Crippen LogP contribution is 2.25. The summed E-state index contributed by atoms with van der Waals surface area (Å²) in [5.74, 6) is 0.446. The molecule has 2 N–H and O–H groups in total. The van der Waals surface area contributed by atoms with E-state index in [2.05, 4.69) is 62.1 Å². The highest BCUT2D eigenvalue weighted by Gasteiger charge is 2.19. The lowest BCUT2D eigenvalue weighted by Crippen LogP contribution is -2.23. The summed E-state index contributed by atoms with van der Waals surface area (Å²) in [5.41, 5.74) is 5.17. The molecule has 0 aliphatic carbocycles. The summed E-state index contributed by atoms with van der Waals surface area (Å²) in [7, 11) is 1.59. The number of benzene rings is 1. The van der Waals surface area contributed by atoms with Crippen molar-refractivity contribution in [3.05, 3.63) is 46.5 Å². The average molecular weight is 400 g/mol. The molecule has 1 aliphatic heterocycles.